The van der Waals surface area contributed by atoms with Gasteiger partial charge in [0, 0.05) is 18.4 Å². The molecule has 0 spiro atoms. The summed E-state index contributed by atoms with van der Waals surface area (Å²) in [5.74, 6) is -0.0468. The zero-order valence-corrected chi connectivity index (χ0v) is 20.2. The van der Waals surface area contributed by atoms with Crippen molar-refractivity contribution in [2.24, 2.45) is 0 Å². The largest absolute Gasteiger partial charge is 0.324 e. The van der Waals surface area contributed by atoms with Gasteiger partial charge in [-0.05, 0) is 53.3 Å². The molecule has 0 unspecified atom stereocenters. The summed E-state index contributed by atoms with van der Waals surface area (Å²) in [6, 6.07) is 11.4. The zero-order valence-electron chi connectivity index (χ0n) is 20.2. The fourth-order valence-electron chi connectivity index (χ4n) is 4.57. The van der Waals surface area contributed by atoms with Gasteiger partial charge in [-0.25, -0.2) is 18.7 Å². The zero-order chi connectivity index (χ0) is 24.7. The maximum Gasteiger partial charge on any atom is 0.278 e. The number of nitrogens with one attached hydrogen (secondary N) is 2. The van der Waals surface area contributed by atoms with E-state index in [1.54, 1.807) is 24.3 Å². The van der Waals surface area contributed by atoms with Gasteiger partial charge in [0.2, 0.25) is 5.95 Å². The summed E-state index contributed by atoms with van der Waals surface area (Å²) >= 11 is 0. The van der Waals surface area contributed by atoms with Crippen LogP contribution in [0.4, 0.5) is 16.0 Å². The number of fused-ring (bicyclic) bond motifs is 2. The molecule has 0 aliphatic carbocycles. The SMILES string of the molecule is C=CCn1c(=O)c2cnc(Nc3ccc4c(c3)CCNC4)nc2n1-c1cccc(C(C)(C)C)c1F. The molecule has 0 bridgehead atoms. The minimum Gasteiger partial charge on any atom is -0.324 e. The molecule has 5 rings (SSSR count). The number of hydrogen-bond acceptors (Lipinski definition) is 5. The summed E-state index contributed by atoms with van der Waals surface area (Å²) in [4.78, 5) is 22.2. The normalized spacial score (nSPS) is 13.6. The summed E-state index contributed by atoms with van der Waals surface area (Å²) in [6.07, 6.45) is 4.06. The van der Waals surface area contributed by atoms with Gasteiger partial charge in [0.05, 0.1) is 6.54 Å². The van der Waals surface area contributed by atoms with Crippen molar-refractivity contribution in [3.63, 3.8) is 0 Å². The number of aromatic nitrogens is 4. The van der Waals surface area contributed by atoms with E-state index in [0.29, 0.717) is 22.5 Å². The summed E-state index contributed by atoms with van der Waals surface area (Å²) in [5.41, 5.74) is 3.88. The van der Waals surface area contributed by atoms with Gasteiger partial charge in [-0.2, -0.15) is 4.98 Å². The topological polar surface area (TPSA) is 76.8 Å². The van der Waals surface area contributed by atoms with Crippen LogP contribution in [-0.2, 0) is 24.9 Å². The third-order valence-electron chi connectivity index (χ3n) is 6.34. The van der Waals surface area contributed by atoms with Crippen LogP contribution in [0, 0.1) is 5.82 Å². The summed E-state index contributed by atoms with van der Waals surface area (Å²) in [6.45, 7) is 11.7. The fourth-order valence-corrected chi connectivity index (χ4v) is 4.57. The summed E-state index contributed by atoms with van der Waals surface area (Å²) in [5, 5.41) is 6.94. The number of rotatable bonds is 5. The van der Waals surface area contributed by atoms with E-state index in [1.165, 1.54) is 26.7 Å². The molecule has 1 aliphatic rings. The number of anilines is 2. The molecule has 0 atom stereocenters. The van der Waals surface area contributed by atoms with Gasteiger partial charge in [0.1, 0.15) is 11.1 Å². The number of halogens is 1. The molecule has 2 aromatic heterocycles. The Kier molecular flexibility index (Phi) is 5.76. The molecule has 0 amide bonds. The second-order valence-corrected chi connectivity index (χ2v) is 9.84. The Labute approximate surface area is 203 Å². The highest BCUT2D eigenvalue weighted by Gasteiger charge is 2.24. The van der Waals surface area contributed by atoms with Crippen LogP contribution in [0.1, 0.15) is 37.5 Å². The van der Waals surface area contributed by atoms with Crippen molar-refractivity contribution in [1.82, 2.24) is 24.6 Å². The quantitative estimate of drug-likeness (QED) is 0.416. The van der Waals surface area contributed by atoms with Gasteiger partial charge in [-0.3, -0.25) is 4.79 Å². The van der Waals surface area contributed by atoms with Crippen molar-refractivity contribution >= 4 is 22.7 Å². The second-order valence-electron chi connectivity index (χ2n) is 9.84. The van der Waals surface area contributed by atoms with Gasteiger partial charge in [0.15, 0.2) is 11.5 Å². The lowest BCUT2D eigenvalue weighted by Gasteiger charge is -2.22. The Balaban J connectivity index is 1.65. The molecule has 0 fully saturated rings. The number of allylic oxidation sites excluding steroid dienone is 1. The van der Waals surface area contributed by atoms with Gasteiger partial charge >= 0.3 is 0 Å². The van der Waals surface area contributed by atoms with E-state index in [9.17, 15) is 4.79 Å². The van der Waals surface area contributed by atoms with Crippen LogP contribution in [0.5, 0.6) is 0 Å². The third-order valence-corrected chi connectivity index (χ3v) is 6.34. The lowest BCUT2D eigenvalue weighted by molar-refractivity contribution is 0.506. The first kappa shape index (κ1) is 23.0. The van der Waals surface area contributed by atoms with E-state index in [1.807, 2.05) is 26.8 Å². The smallest absolute Gasteiger partial charge is 0.278 e. The van der Waals surface area contributed by atoms with E-state index < -0.39 is 5.41 Å². The Morgan fingerprint density at radius 2 is 2.06 bits per heavy atom. The van der Waals surface area contributed by atoms with E-state index in [0.717, 1.165) is 25.2 Å². The van der Waals surface area contributed by atoms with Crippen molar-refractivity contribution in [3.05, 3.63) is 88.1 Å². The molecule has 4 aromatic rings. The van der Waals surface area contributed by atoms with Crippen LogP contribution in [0.25, 0.3) is 16.7 Å². The summed E-state index contributed by atoms with van der Waals surface area (Å²) in [7, 11) is 0. The molecule has 2 N–H and O–H groups in total. The maximum absolute atomic E-state index is 15.8. The first-order valence-electron chi connectivity index (χ1n) is 11.8. The highest BCUT2D eigenvalue weighted by atomic mass is 19.1. The minimum absolute atomic E-state index is 0.204. The Morgan fingerprint density at radius 1 is 1.23 bits per heavy atom. The highest BCUT2D eigenvalue weighted by molar-refractivity contribution is 5.77. The molecule has 35 heavy (non-hydrogen) atoms. The van der Waals surface area contributed by atoms with E-state index >= 15 is 4.39 Å². The Morgan fingerprint density at radius 3 is 2.83 bits per heavy atom. The molecule has 3 heterocycles. The predicted octanol–water partition coefficient (Wildman–Crippen LogP) is 4.59. The number of nitrogens with zero attached hydrogens (tertiary/aromatic N) is 4. The third kappa shape index (κ3) is 4.14. The van der Waals surface area contributed by atoms with Gasteiger partial charge in [-0.15, -0.1) is 6.58 Å². The highest BCUT2D eigenvalue weighted by Crippen LogP contribution is 2.30. The van der Waals surface area contributed by atoms with Crippen molar-refractivity contribution in [2.45, 2.75) is 45.7 Å². The molecule has 7 nitrogen and oxygen atoms in total. The monoisotopic (exact) mass is 472 g/mol. The second kappa shape index (κ2) is 8.78. The Hall–Kier alpha value is -3.78. The van der Waals surface area contributed by atoms with Crippen molar-refractivity contribution in [3.8, 4) is 5.69 Å². The van der Waals surface area contributed by atoms with E-state index in [2.05, 4.69) is 39.3 Å². The van der Waals surface area contributed by atoms with E-state index in [4.69, 9.17) is 0 Å². The van der Waals surface area contributed by atoms with Crippen molar-refractivity contribution < 1.29 is 4.39 Å². The molecule has 2 aromatic carbocycles. The molecule has 8 heteroatoms. The van der Waals surface area contributed by atoms with Gasteiger partial charge in [-0.1, -0.05) is 45.0 Å². The van der Waals surface area contributed by atoms with Crippen molar-refractivity contribution in [1.29, 1.82) is 0 Å². The first-order chi connectivity index (χ1) is 16.8. The van der Waals surface area contributed by atoms with Crippen LogP contribution in [0.15, 0.2) is 60.0 Å². The lowest BCUT2D eigenvalue weighted by atomic mass is 9.86. The molecular formula is C27H29FN6O. The molecule has 0 saturated carbocycles. The van der Waals surface area contributed by atoms with Gasteiger partial charge < -0.3 is 10.6 Å². The summed E-state index contributed by atoms with van der Waals surface area (Å²) < 4.78 is 18.8. The fraction of sp³-hybridized carbons (Fsp3) is 0.296. The van der Waals surface area contributed by atoms with Crippen LogP contribution < -0.4 is 16.2 Å². The molecule has 1 aliphatic heterocycles. The number of hydrogen-bond donors (Lipinski definition) is 2. The maximum atomic E-state index is 15.8. The van der Waals surface area contributed by atoms with E-state index in [-0.39, 0.29) is 23.6 Å². The average Bonchev–Trinajstić information content (AvgIpc) is 3.09. The molecular weight excluding hydrogens is 443 g/mol. The van der Waals surface area contributed by atoms with Crippen LogP contribution >= 0.6 is 0 Å². The lowest BCUT2D eigenvalue weighted by Crippen LogP contribution is -2.23. The standard InChI is InChI=1S/C27H29FN6O/c1-5-13-33-25(35)20-16-30-26(31-19-10-9-18-15-29-12-11-17(18)14-19)32-24(20)34(33)22-8-6-7-21(23(22)28)27(2,3)4/h5-10,14,16,29H,1,11-13,15H2,2-4H3,(H,30,31,32). The minimum atomic E-state index is -0.406. The molecule has 180 valence electrons. The van der Waals surface area contributed by atoms with Crippen molar-refractivity contribution in [2.75, 3.05) is 11.9 Å². The van der Waals surface area contributed by atoms with Crippen LogP contribution in [0.2, 0.25) is 0 Å². The van der Waals surface area contributed by atoms with Gasteiger partial charge in [0.25, 0.3) is 5.56 Å². The van der Waals surface area contributed by atoms with Crippen LogP contribution in [0.3, 0.4) is 0 Å². The predicted molar refractivity (Wildman–Crippen MR) is 137 cm³/mol. The molecule has 0 radical (unpaired) electrons. The van der Waals surface area contributed by atoms with Crippen LogP contribution in [-0.4, -0.2) is 25.9 Å². The number of benzene rings is 2. The molecule has 0 saturated heterocycles. The Bertz CT molecular complexity index is 1490. The average molecular weight is 473 g/mol. The first-order valence-corrected chi connectivity index (χ1v) is 11.8.